The number of carbonyl (C=O) groups is 1. The van der Waals surface area contributed by atoms with E-state index in [9.17, 15) is 13.6 Å². The highest BCUT2D eigenvalue weighted by atomic mass is 35.5. The highest BCUT2D eigenvalue weighted by molar-refractivity contribution is 6.31. The van der Waals surface area contributed by atoms with Crippen molar-refractivity contribution in [1.29, 1.82) is 0 Å². The van der Waals surface area contributed by atoms with Crippen LogP contribution in [0.3, 0.4) is 0 Å². The molecule has 0 unspecified atom stereocenters. The number of aliphatic carboxylic acids is 1. The van der Waals surface area contributed by atoms with Gasteiger partial charge in [0.2, 0.25) is 0 Å². The van der Waals surface area contributed by atoms with Gasteiger partial charge in [0.15, 0.2) is 0 Å². The molecule has 0 amide bonds. The first-order chi connectivity index (χ1) is 15.0. The first-order valence-corrected chi connectivity index (χ1v) is 10.9. The summed E-state index contributed by atoms with van der Waals surface area (Å²) >= 11 is 6.52. The molecule has 2 N–H and O–H groups in total. The predicted molar refractivity (Wildman–Crippen MR) is 118 cm³/mol. The summed E-state index contributed by atoms with van der Waals surface area (Å²) in [6.45, 7) is 2.16. The zero-order valence-electron chi connectivity index (χ0n) is 17.8. The molecule has 1 aromatic heterocycles. The maximum Gasteiger partial charge on any atom is 0.303 e. The van der Waals surface area contributed by atoms with Gasteiger partial charge in [0.1, 0.15) is 5.82 Å². The molecule has 3 aromatic rings. The molecule has 2 atom stereocenters. The van der Waals surface area contributed by atoms with Crippen molar-refractivity contribution >= 4 is 28.5 Å². The summed E-state index contributed by atoms with van der Waals surface area (Å²) in [6.07, 6.45) is 0.513. The molecule has 0 saturated carbocycles. The Kier molecular flexibility index (Phi) is 5.98. The average molecular weight is 465 g/mol. The van der Waals surface area contributed by atoms with E-state index in [1.807, 2.05) is 31.2 Å². The van der Waals surface area contributed by atoms with E-state index in [2.05, 4.69) is 4.98 Å². The molecule has 2 aromatic carbocycles. The molecule has 0 saturated heterocycles. The molecule has 0 fully saturated rings. The minimum atomic E-state index is -2.99. The second kappa shape index (κ2) is 8.45. The van der Waals surface area contributed by atoms with Crippen LogP contribution in [0.2, 0.25) is 5.02 Å². The molecule has 32 heavy (non-hydrogen) atoms. The lowest BCUT2D eigenvalue weighted by atomic mass is 9.87. The maximum atomic E-state index is 15.4. The number of benzene rings is 2. The molecule has 0 radical (unpaired) electrons. The summed E-state index contributed by atoms with van der Waals surface area (Å²) in [5.41, 5.74) is 3.06. The molecule has 4 rings (SSSR count). The van der Waals surface area contributed by atoms with Gasteiger partial charge in [0, 0.05) is 46.6 Å². The van der Waals surface area contributed by atoms with E-state index in [1.165, 1.54) is 12.1 Å². The summed E-state index contributed by atoms with van der Waals surface area (Å²) in [5, 5.41) is 9.99. The Labute approximate surface area is 189 Å². The number of hydrogen-bond acceptors (Lipinski definition) is 2. The van der Waals surface area contributed by atoms with Crippen LogP contribution < -0.4 is 0 Å². The van der Waals surface area contributed by atoms with Gasteiger partial charge in [0.05, 0.1) is 12.6 Å². The molecule has 170 valence electrons. The van der Waals surface area contributed by atoms with Crippen molar-refractivity contribution in [1.82, 2.24) is 9.88 Å². The fourth-order valence-corrected chi connectivity index (χ4v) is 5.01. The zero-order valence-corrected chi connectivity index (χ0v) is 18.5. The Balaban J connectivity index is 1.88. The third-order valence-electron chi connectivity index (χ3n) is 6.02. The first-order valence-electron chi connectivity index (χ1n) is 10.5. The van der Waals surface area contributed by atoms with Crippen LogP contribution in [0.1, 0.15) is 48.7 Å². The van der Waals surface area contributed by atoms with Gasteiger partial charge in [-0.3, -0.25) is 9.69 Å². The van der Waals surface area contributed by atoms with E-state index in [0.29, 0.717) is 17.7 Å². The topological polar surface area (TPSA) is 56.3 Å². The minimum absolute atomic E-state index is 0.0958. The lowest BCUT2D eigenvalue weighted by molar-refractivity contribution is -0.136. The van der Waals surface area contributed by atoms with Gasteiger partial charge < -0.3 is 10.1 Å². The SMILES string of the molecule is C[C@@H]1Cc2c([nH]c3ccccc23)[C@@H](c2c(F)cc(CCC(=O)O)cc2Cl)N1CC(C)(F)F. The number of halogens is 4. The number of rotatable bonds is 6. The van der Waals surface area contributed by atoms with E-state index >= 15 is 4.39 Å². The number of carboxylic acid groups (broad SMARTS) is 1. The number of carboxylic acids is 1. The Bertz CT molecular complexity index is 1150. The lowest BCUT2D eigenvalue weighted by Gasteiger charge is -2.42. The number of aryl methyl sites for hydroxylation is 1. The normalized spacial score (nSPS) is 19.3. The molecule has 8 heteroatoms. The van der Waals surface area contributed by atoms with Gasteiger partial charge in [-0.25, -0.2) is 13.2 Å². The van der Waals surface area contributed by atoms with E-state index in [4.69, 9.17) is 16.7 Å². The van der Waals surface area contributed by atoms with Crippen molar-refractivity contribution in [3.8, 4) is 0 Å². The first kappa shape index (κ1) is 22.7. The van der Waals surface area contributed by atoms with E-state index in [-0.39, 0.29) is 29.5 Å². The van der Waals surface area contributed by atoms with Gasteiger partial charge in [-0.05, 0) is 49.1 Å². The predicted octanol–water partition coefficient (Wildman–Crippen LogP) is 5.97. The number of alkyl halides is 2. The quantitative estimate of drug-likeness (QED) is 0.472. The van der Waals surface area contributed by atoms with Crippen LogP contribution in [0.25, 0.3) is 10.9 Å². The van der Waals surface area contributed by atoms with Crippen molar-refractivity contribution in [3.63, 3.8) is 0 Å². The molecule has 1 aliphatic heterocycles. The Hall–Kier alpha value is -2.51. The van der Waals surface area contributed by atoms with Crippen molar-refractivity contribution < 1.29 is 23.1 Å². The third kappa shape index (κ3) is 4.36. The zero-order chi connectivity index (χ0) is 23.2. The number of fused-ring (bicyclic) bond motifs is 3. The fraction of sp³-hybridized carbons (Fsp3) is 0.375. The van der Waals surface area contributed by atoms with Crippen molar-refractivity contribution in [2.75, 3.05) is 6.54 Å². The van der Waals surface area contributed by atoms with Crippen molar-refractivity contribution in [2.24, 2.45) is 0 Å². The molecule has 1 aliphatic rings. The summed E-state index contributed by atoms with van der Waals surface area (Å²) in [7, 11) is 0. The van der Waals surface area contributed by atoms with Crippen molar-refractivity contribution in [2.45, 2.75) is 51.1 Å². The van der Waals surface area contributed by atoms with Crippen LogP contribution in [0.5, 0.6) is 0 Å². The number of nitrogens with zero attached hydrogens (tertiary/aromatic N) is 1. The minimum Gasteiger partial charge on any atom is -0.481 e. The average Bonchev–Trinajstić information content (AvgIpc) is 3.05. The molecule has 4 nitrogen and oxygen atoms in total. The van der Waals surface area contributed by atoms with Gasteiger partial charge >= 0.3 is 5.97 Å². The van der Waals surface area contributed by atoms with Crippen LogP contribution in [-0.4, -0.2) is 39.5 Å². The third-order valence-corrected chi connectivity index (χ3v) is 6.33. The Morgan fingerprint density at radius 2 is 2.03 bits per heavy atom. The van der Waals surface area contributed by atoms with Crippen LogP contribution in [-0.2, 0) is 17.6 Å². The largest absolute Gasteiger partial charge is 0.481 e. The van der Waals surface area contributed by atoms with Gasteiger partial charge in [-0.2, -0.15) is 0 Å². The summed E-state index contributed by atoms with van der Waals surface area (Å²) in [5.74, 6) is -4.61. The second-order valence-corrected chi connectivity index (χ2v) is 9.04. The number of aromatic amines is 1. The van der Waals surface area contributed by atoms with Gasteiger partial charge in [-0.15, -0.1) is 0 Å². The van der Waals surface area contributed by atoms with Crippen LogP contribution in [0, 0.1) is 5.82 Å². The van der Waals surface area contributed by atoms with E-state index in [1.54, 1.807) is 4.90 Å². The Morgan fingerprint density at radius 1 is 1.31 bits per heavy atom. The highest BCUT2D eigenvalue weighted by Gasteiger charge is 2.41. The van der Waals surface area contributed by atoms with Gasteiger partial charge in [0.25, 0.3) is 5.92 Å². The second-order valence-electron chi connectivity index (χ2n) is 8.63. The van der Waals surface area contributed by atoms with E-state index in [0.717, 1.165) is 23.4 Å². The van der Waals surface area contributed by atoms with Crippen molar-refractivity contribution in [3.05, 3.63) is 69.6 Å². The molecular weight excluding hydrogens is 441 g/mol. The maximum absolute atomic E-state index is 15.4. The lowest BCUT2D eigenvalue weighted by Crippen LogP contribution is -2.47. The standard InChI is InChI=1S/C24H24ClF3N2O2/c1-13-9-16-15-5-3-4-6-19(15)29-22(16)23(30(13)12-24(2,27)28)21-17(25)10-14(11-18(21)26)7-8-20(31)32/h3-6,10-11,13,23,29H,7-9,12H2,1-2H3,(H,31,32)/t13-,23-/m1/s1. The number of para-hydroxylation sites is 1. The van der Waals surface area contributed by atoms with Gasteiger partial charge in [-0.1, -0.05) is 29.8 Å². The number of aromatic nitrogens is 1. The number of H-pyrrole nitrogens is 1. The van der Waals surface area contributed by atoms with Crippen LogP contribution >= 0.6 is 11.6 Å². The molecular formula is C24H24ClF3N2O2. The summed E-state index contributed by atoms with van der Waals surface area (Å²) < 4.78 is 43.8. The van der Waals surface area contributed by atoms with Crippen LogP contribution in [0.15, 0.2) is 36.4 Å². The number of hydrogen-bond donors (Lipinski definition) is 2. The highest BCUT2D eigenvalue weighted by Crippen LogP contribution is 2.44. The smallest absolute Gasteiger partial charge is 0.303 e. The molecule has 2 heterocycles. The molecule has 0 bridgehead atoms. The summed E-state index contributed by atoms with van der Waals surface area (Å²) in [4.78, 5) is 15.8. The van der Waals surface area contributed by atoms with E-state index < -0.39 is 30.3 Å². The monoisotopic (exact) mass is 464 g/mol. The molecule has 0 spiro atoms. The van der Waals surface area contributed by atoms with Crippen LogP contribution in [0.4, 0.5) is 13.2 Å². The Morgan fingerprint density at radius 3 is 2.69 bits per heavy atom. The summed E-state index contributed by atoms with van der Waals surface area (Å²) in [6, 6.07) is 9.35. The fourth-order valence-electron chi connectivity index (χ4n) is 4.68. The number of nitrogens with one attached hydrogen (secondary N) is 1. The molecule has 0 aliphatic carbocycles.